The maximum Gasteiger partial charge on any atom is 0.387 e. The Morgan fingerprint density at radius 3 is 2.52 bits per heavy atom. The smallest absolute Gasteiger partial charge is 0.387 e. The average molecular weight is 353 g/mol. The quantitative estimate of drug-likeness (QED) is 0.754. The van der Waals surface area contributed by atoms with Crippen molar-refractivity contribution in [3.8, 4) is 11.5 Å². The fourth-order valence-corrected chi connectivity index (χ4v) is 1.77. The van der Waals surface area contributed by atoms with E-state index in [1.54, 1.807) is 32.9 Å². The Balaban J connectivity index is 0.00000484. The Morgan fingerprint density at radius 2 is 2.00 bits per heavy atom. The van der Waals surface area contributed by atoms with Crippen molar-refractivity contribution < 1.29 is 23.0 Å². The number of hydrogen-bond donors (Lipinski definition) is 2. The second-order valence-electron chi connectivity index (χ2n) is 4.92. The molecule has 5 nitrogen and oxygen atoms in total. The first-order valence-corrected chi connectivity index (χ1v) is 7.09. The van der Waals surface area contributed by atoms with Gasteiger partial charge in [0.25, 0.3) is 0 Å². The van der Waals surface area contributed by atoms with E-state index in [4.69, 9.17) is 10.5 Å². The number of nitrogens with one attached hydrogen (secondary N) is 1. The van der Waals surface area contributed by atoms with Crippen LogP contribution in [0.4, 0.5) is 8.78 Å². The van der Waals surface area contributed by atoms with Gasteiger partial charge in [-0.3, -0.25) is 4.79 Å². The zero-order valence-electron chi connectivity index (χ0n) is 13.3. The molecule has 23 heavy (non-hydrogen) atoms. The van der Waals surface area contributed by atoms with Gasteiger partial charge in [0.15, 0.2) is 11.5 Å². The van der Waals surface area contributed by atoms with Gasteiger partial charge in [-0.25, -0.2) is 0 Å². The summed E-state index contributed by atoms with van der Waals surface area (Å²) < 4.78 is 35.0. The molecule has 0 aromatic heterocycles. The highest BCUT2D eigenvalue weighted by atomic mass is 35.5. The van der Waals surface area contributed by atoms with E-state index in [2.05, 4.69) is 10.1 Å². The van der Waals surface area contributed by atoms with Gasteiger partial charge >= 0.3 is 6.61 Å². The van der Waals surface area contributed by atoms with E-state index >= 15 is 0 Å². The Kier molecular flexibility index (Phi) is 9.52. The first-order chi connectivity index (χ1) is 10.4. The van der Waals surface area contributed by atoms with E-state index in [0.717, 1.165) is 0 Å². The Hall–Kier alpha value is -1.60. The lowest BCUT2D eigenvalue weighted by Crippen LogP contribution is -2.38. The third-order valence-electron chi connectivity index (χ3n) is 3.22. The highest BCUT2D eigenvalue weighted by Crippen LogP contribution is 2.32. The number of carbonyl (C=O) groups is 1. The van der Waals surface area contributed by atoms with Crippen LogP contribution in [0.3, 0.4) is 0 Å². The minimum Gasteiger partial charge on any atom is -0.490 e. The molecular formula is C15H23ClF2N2O3. The molecule has 0 saturated carbocycles. The van der Waals surface area contributed by atoms with Crippen LogP contribution in [0, 0.1) is 5.92 Å². The fraction of sp³-hybridized carbons (Fsp3) is 0.533. The van der Waals surface area contributed by atoms with Gasteiger partial charge in [-0.2, -0.15) is 8.78 Å². The molecule has 2 unspecified atom stereocenters. The van der Waals surface area contributed by atoms with Crippen molar-refractivity contribution in [2.24, 2.45) is 11.7 Å². The largest absolute Gasteiger partial charge is 0.490 e. The third kappa shape index (κ3) is 6.58. The van der Waals surface area contributed by atoms with Crippen molar-refractivity contribution >= 4 is 18.3 Å². The lowest BCUT2D eigenvalue weighted by molar-refractivity contribution is -0.125. The van der Waals surface area contributed by atoms with Crippen molar-refractivity contribution in [2.45, 2.75) is 40.0 Å². The van der Waals surface area contributed by atoms with Gasteiger partial charge in [-0.1, -0.05) is 19.1 Å². The lowest BCUT2D eigenvalue weighted by atomic mass is 10.0. The molecule has 0 radical (unpaired) electrons. The van der Waals surface area contributed by atoms with E-state index in [-0.39, 0.29) is 48.3 Å². The van der Waals surface area contributed by atoms with Crippen LogP contribution in [0.5, 0.6) is 11.5 Å². The summed E-state index contributed by atoms with van der Waals surface area (Å²) in [7, 11) is 0. The normalized spacial score (nSPS) is 13.0. The predicted octanol–water partition coefficient (Wildman–Crippen LogP) is 2.71. The summed E-state index contributed by atoms with van der Waals surface area (Å²) in [6.07, 6.45) is 0. The number of rotatable bonds is 8. The number of halogens is 3. The molecule has 1 rings (SSSR count). The van der Waals surface area contributed by atoms with Gasteiger partial charge in [0, 0.05) is 24.1 Å². The number of nitrogens with two attached hydrogens (primary N) is 1. The summed E-state index contributed by atoms with van der Waals surface area (Å²) in [5.41, 5.74) is 6.07. The number of amides is 1. The van der Waals surface area contributed by atoms with E-state index in [9.17, 15) is 13.6 Å². The minimum absolute atomic E-state index is 0. The van der Waals surface area contributed by atoms with Gasteiger partial charge < -0.3 is 20.5 Å². The molecule has 0 bridgehead atoms. The Labute approximate surface area is 140 Å². The molecule has 3 N–H and O–H groups in total. The molecule has 0 aliphatic heterocycles. The third-order valence-corrected chi connectivity index (χ3v) is 3.22. The van der Waals surface area contributed by atoms with E-state index in [1.165, 1.54) is 6.07 Å². The van der Waals surface area contributed by atoms with E-state index in [1.807, 2.05) is 0 Å². The van der Waals surface area contributed by atoms with Crippen LogP contribution < -0.4 is 20.5 Å². The van der Waals surface area contributed by atoms with Gasteiger partial charge in [-0.05, 0) is 19.9 Å². The molecule has 2 atom stereocenters. The molecule has 0 saturated heterocycles. The molecule has 1 amide bonds. The van der Waals surface area contributed by atoms with Crippen LogP contribution in [0.25, 0.3) is 0 Å². The number of hydrogen-bond acceptors (Lipinski definition) is 4. The first kappa shape index (κ1) is 21.4. The molecule has 0 aliphatic rings. The van der Waals surface area contributed by atoms with E-state index < -0.39 is 6.61 Å². The first-order valence-electron chi connectivity index (χ1n) is 7.09. The number of ether oxygens (including phenoxy) is 2. The van der Waals surface area contributed by atoms with Gasteiger partial charge in [0.05, 0.1) is 6.61 Å². The van der Waals surface area contributed by atoms with Crippen LogP contribution in [0.2, 0.25) is 0 Å². The Morgan fingerprint density at radius 1 is 1.35 bits per heavy atom. The van der Waals surface area contributed by atoms with Crippen LogP contribution in [-0.2, 0) is 11.3 Å². The second-order valence-corrected chi connectivity index (χ2v) is 4.92. The highest BCUT2D eigenvalue weighted by Gasteiger charge is 2.19. The number of carbonyl (C=O) groups excluding carboxylic acids is 1. The van der Waals surface area contributed by atoms with Crippen molar-refractivity contribution in [1.29, 1.82) is 0 Å². The molecule has 0 spiro atoms. The summed E-state index contributed by atoms with van der Waals surface area (Å²) in [4.78, 5) is 11.9. The monoisotopic (exact) mass is 352 g/mol. The van der Waals surface area contributed by atoms with Crippen LogP contribution >= 0.6 is 12.4 Å². The SMILES string of the molecule is CCOc1cccc(CNC(=O)C(C)C(C)N)c1OC(F)F.Cl. The zero-order valence-corrected chi connectivity index (χ0v) is 14.2. The molecule has 0 aliphatic carbocycles. The summed E-state index contributed by atoms with van der Waals surface area (Å²) >= 11 is 0. The number of alkyl halides is 2. The number of benzene rings is 1. The van der Waals surface area contributed by atoms with Gasteiger partial charge in [-0.15, -0.1) is 12.4 Å². The van der Waals surface area contributed by atoms with Crippen molar-refractivity contribution in [3.63, 3.8) is 0 Å². The van der Waals surface area contributed by atoms with Crippen molar-refractivity contribution in [1.82, 2.24) is 5.32 Å². The second kappa shape index (κ2) is 10.2. The molecule has 132 valence electrons. The molecule has 0 fully saturated rings. The lowest BCUT2D eigenvalue weighted by Gasteiger charge is -2.18. The minimum atomic E-state index is -2.97. The van der Waals surface area contributed by atoms with Crippen molar-refractivity contribution in [2.75, 3.05) is 6.61 Å². The Bertz CT molecular complexity index is 502. The maximum absolute atomic E-state index is 12.6. The van der Waals surface area contributed by atoms with Crippen LogP contribution in [0.15, 0.2) is 18.2 Å². The molecule has 1 aromatic carbocycles. The summed E-state index contributed by atoms with van der Waals surface area (Å²) in [5, 5.41) is 2.66. The topological polar surface area (TPSA) is 73.6 Å². The zero-order chi connectivity index (χ0) is 16.7. The van der Waals surface area contributed by atoms with Crippen molar-refractivity contribution in [3.05, 3.63) is 23.8 Å². The predicted molar refractivity (Wildman–Crippen MR) is 86.2 cm³/mol. The standard InChI is InChI=1S/C15H22F2N2O3.ClH/c1-4-21-12-7-5-6-11(13(12)22-15(16)17)8-19-14(20)9(2)10(3)18;/h5-7,9-10,15H,4,8,18H2,1-3H3,(H,19,20);1H. The van der Waals surface area contributed by atoms with Crippen LogP contribution in [0.1, 0.15) is 26.3 Å². The van der Waals surface area contributed by atoms with E-state index in [0.29, 0.717) is 12.2 Å². The summed E-state index contributed by atoms with van der Waals surface area (Å²) in [6.45, 7) is 2.57. The van der Waals surface area contributed by atoms with Gasteiger partial charge in [0.2, 0.25) is 5.91 Å². The summed E-state index contributed by atoms with van der Waals surface area (Å²) in [5.74, 6) is -0.475. The van der Waals surface area contributed by atoms with Gasteiger partial charge in [0.1, 0.15) is 0 Å². The summed E-state index contributed by atoms with van der Waals surface area (Å²) in [6, 6.07) is 4.49. The molecule has 0 heterocycles. The fourth-order valence-electron chi connectivity index (χ4n) is 1.77. The molecular weight excluding hydrogens is 330 g/mol. The number of para-hydroxylation sites is 1. The average Bonchev–Trinajstić information content (AvgIpc) is 2.46. The molecule has 1 aromatic rings. The maximum atomic E-state index is 12.6. The molecule has 8 heteroatoms. The van der Waals surface area contributed by atoms with Crippen LogP contribution in [-0.4, -0.2) is 25.2 Å². The highest BCUT2D eigenvalue weighted by molar-refractivity contribution is 5.85.